The van der Waals surface area contributed by atoms with Gasteiger partial charge in [0, 0.05) is 5.92 Å². The summed E-state index contributed by atoms with van der Waals surface area (Å²) < 4.78 is 15.9. The quantitative estimate of drug-likeness (QED) is 0.328. The minimum atomic E-state index is -1.13. The van der Waals surface area contributed by atoms with Crippen LogP contribution in [0.25, 0.3) is 0 Å². The van der Waals surface area contributed by atoms with Gasteiger partial charge in [0.05, 0.1) is 31.7 Å². The first-order valence-electron chi connectivity index (χ1n) is 7.15. The highest BCUT2D eigenvalue weighted by Gasteiger charge is 2.30. The summed E-state index contributed by atoms with van der Waals surface area (Å²) in [5.41, 5.74) is -0.00917. The summed E-state index contributed by atoms with van der Waals surface area (Å²) in [7, 11) is 1.35. The minimum Gasteiger partial charge on any atom is -0.504 e. The van der Waals surface area contributed by atoms with Crippen molar-refractivity contribution in [1.29, 1.82) is 0 Å². The number of carboxylic acid groups (broad SMARTS) is 1. The van der Waals surface area contributed by atoms with Crippen molar-refractivity contribution in [2.24, 2.45) is 5.92 Å². The fourth-order valence-corrected chi connectivity index (χ4v) is 1.84. The largest absolute Gasteiger partial charge is 0.504 e. The second kappa shape index (κ2) is 11.5. The second-order valence-electron chi connectivity index (χ2n) is 4.67. The normalized spacial score (nSPS) is 20.5. The van der Waals surface area contributed by atoms with Gasteiger partial charge in [0.1, 0.15) is 0 Å². The van der Waals surface area contributed by atoms with Crippen LogP contribution in [0.15, 0.2) is 36.6 Å². The number of rotatable bonds is 7. The van der Waals surface area contributed by atoms with E-state index in [0.717, 1.165) is 25.5 Å². The van der Waals surface area contributed by atoms with Gasteiger partial charge in [-0.05, 0) is 12.5 Å². The zero-order valence-corrected chi connectivity index (χ0v) is 13.0. The molecule has 1 rings (SSSR count). The number of unbranched alkanes of at least 4 members (excludes halogenated alkanes) is 2. The van der Waals surface area contributed by atoms with Gasteiger partial charge in [0.15, 0.2) is 0 Å². The number of carbonyl (C=O) groups excluding carboxylic acids is 1. The summed E-state index contributed by atoms with van der Waals surface area (Å²) in [6.45, 7) is 5.52. The number of hydrogen-bond donors (Lipinski definition) is 2. The topological polar surface area (TPSA) is 75.6 Å². The van der Waals surface area contributed by atoms with Crippen LogP contribution in [0.5, 0.6) is 0 Å². The number of carbonyl (C=O) groups is 2. The first kappa shape index (κ1) is 19.9. The van der Waals surface area contributed by atoms with E-state index in [1.165, 1.54) is 13.2 Å². The fraction of sp³-hybridized carbons (Fsp3) is 0.500. The predicted molar refractivity (Wildman–Crippen MR) is 83.0 cm³/mol. The summed E-state index contributed by atoms with van der Waals surface area (Å²) in [5, 5.41) is 11.6. The summed E-state index contributed by atoms with van der Waals surface area (Å²) in [6, 6.07) is -0.646. The lowest BCUT2D eigenvalue weighted by molar-refractivity contribution is -0.133. The van der Waals surface area contributed by atoms with E-state index in [1.54, 1.807) is 12.2 Å². The summed E-state index contributed by atoms with van der Waals surface area (Å²) in [5.74, 6) is -1.71. The van der Waals surface area contributed by atoms with Gasteiger partial charge in [-0.1, -0.05) is 31.9 Å². The number of amides is 1. The average Bonchev–Trinajstić information content (AvgIpc) is 2.50. The number of carboxylic acids is 1. The number of halogens is 1. The van der Waals surface area contributed by atoms with Crippen molar-refractivity contribution < 1.29 is 23.8 Å². The first-order valence-corrected chi connectivity index (χ1v) is 7.15. The number of alkyl halides is 1. The van der Waals surface area contributed by atoms with Crippen LogP contribution in [0.1, 0.15) is 26.2 Å². The zero-order valence-electron chi connectivity index (χ0n) is 13.0. The maximum Gasteiger partial charge on any atom is 0.336 e. The van der Waals surface area contributed by atoms with Crippen LogP contribution >= 0.6 is 0 Å². The standard InChI is InChI=1S/C11H13NO4.C5H11F/c1-3-7-4-5-9(13)12-10(7)8(6-16-2)11(14)15;1-2-3-4-5-6/h3-7,10H,1H2,2H3,(H,12,13)(H,14,15);2-5H2,1H3/b8-6-;. The van der Waals surface area contributed by atoms with Gasteiger partial charge in [-0.15, -0.1) is 6.58 Å². The van der Waals surface area contributed by atoms with Crippen molar-refractivity contribution in [2.75, 3.05) is 13.8 Å². The van der Waals surface area contributed by atoms with Gasteiger partial charge < -0.3 is 15.2 Å². The van der Waals surface area contributed by atoms with Crippen LogP contribution in [0, 0.1) is 5.92 Å². The Labute approximate surface area is 130 Å². The number of aliphatic carboxylic acids is 1. The van der Waals surface area contributed by atoms with Crippen molar-refractivity contribution >= 4 is 11.9 Å². The van der Waals surface area contributed by atoms with Gasteiger partial charge in [-0.25, -0.2) is 4.79 Å². The Kier molecular flexibility index (Phi) is 10.4. The van der Waals surface area contributed by atoms with Crippen LogP contribution in [0.3, 0.4) is 0 Å². The Morgan fingerprint density at radius 1 is 1.55 bits per heavy atom. The van der Waals surface area contributed by atoms with Crippen molar-refractivity contribution in [3.05, 3.63) is 36.6 Å². The molecular formula is C16H24FNO4. The van der Waals surface area contributed by atoms with E-state index < -0.39 is 12.0 Å². The molecule has 0 aromatic rings. The molecule has 1 heterocycles. The van der Waals surface area contributed by atoms with Gasteiger partial charge in [0.25, 0.3) is 0 Å². The molecule has 2 atom stereocenters. The molecule has 0 radical (unpaired) electrons. The highest BCUT2D eigenvalue weighted by Crippen LogP contribution is 2.19. The zero-order chi connectivity index (χ0) is 17.0. The predicted octanol–water partition coefficient (Wildman–Crippen LogP) is 2.60. The Hall–Kier alpha value is -2.11. The highest BCUT2D eigenvalue weighted by atomic mass is 19.1. The molecule has 0 bridgehead atoms. The van der Waals surface area contributed by atoms with E-state index >= 15 is 0 Å². The lowest BCUT2D eigenvalue weighted by Gasteiger charge is -2.26. The van der Waals surface area contributed by atoms with Gasteiger partial charge in [-0.3, -0.25) is 9.18 Å². The molecule has 1 amide bonds. The Morgan fingerprint density at radius 3 is 2.64 bits per heavy atom. The minimum absolute atomic E-state index is 0.00917. The number of methoxy groups -OCH3 is 1. The molecule has 0 aromatic heterocycles. The molecule has 0 aliphatic carbocycles. The van der Waals surface area contributed by atoms with Crippen LogP contribution in [0.2, 0.25) is 0 Å². The third-order valence-corrected chi connectivity index (χ3v) is 2.99. The van der Waals surface area contributed by atoms with Crippen molar-refractivity contribution in [2.45, 2.75) is 32.2 Å². The fourth-order valence-electron chi connectivity index (χ4n) is 1.84. The molecule has 0 spiro atoms. The molecule has 0 fully saturated rings. The monoisotopic (exact) mass is 313 g/mol. The molecular weight excluding hydrogens is 289 g/mol. The number of nitrogens with one attached hydrogen (secondary N) is 1. The van der Waals surface area contributed by atoms with Crippen LogP contribution in [-0.4, -0.2) is 36.8 Å². The van der Waals surface area contributed by atoms with Gasteiger partial charge in [0.2, 0.25) is 5.91 Å². The lowest BCUT2D eigenvalue weighted by atomic mass is 9.90. The molecule has 0 saturated carbocycles. The number of ether oxygens (including phenoxy) is 1. The van der Waals surface area contributed by atoms with E-state index in [9.17, 15) is 14.0 Å². The first-order chi connectivity index (χ1) is 10.5. The van der Waals surface area contributed by atoms with E-state index in [0.29, 0.717) is 0 Å². The highest BCUT2D eigenvalue weighted by molar-refractivity contribution is 5.93. The molecule has 6 heteroatoms. The van der Waals surface area contributed by atoms with Crippen molar-refractivity contribution in [3.8, 4) is 0 Å². The van der Waals surface area contributed by atoms with Crippen LogP contribution in [-0.2, 0) is 14.3 Å². The average molecular weight is 313 g/mol. The van der Waals surface area contributed by atoms with E-state index in [4.69, 9.17) is 9.84 Å². The molecule has 22 heavy (non-hydrogen) atoms. The second-order valence-corrected chi connectivity index (χ2v) is 4.67. The van der Waals surface area contributed by atoms with Gasteiger partial charge in [-0.2, -0.15) is 0 Å². The molecule has 1 aliphatic heterocycles. The molecule has 2 N–H and O–H groups in total. The van der Waals surface area contributed by atoms with Crippen molar-refractivity contribution in [1.82, 2.24) is 5.32 Å². The Balaban J connectivity index is 0.000000626. The lowest BCUT2D eigenvalue weighted by Crippen LogP contribution is -2.44. The molecule has 1 aliphatic rings. The van der Waals surface area contributed by atoms with E-state index in [1.807, 2.05) is 0 Å². The SMILES string of the molecule is C=CC1C=CC(=O)NC1/C(=C/OC)C(=O)O.CCCCCF. The number of hydrogen-bond acceptors (Lipinski definition) is 3. The maximum atomic E-state index is 11.2. The van der Waals surface area contributed by atoms with E-state index in [-0.39, 0.29) is 24.1 Å². The molecule has 2 unspecified atom stereocenters. The van der Waals surface area contributed by atoms with Crippen molar-refractivity contribution in [3.63, 3.8) is 0 Å². The molecule has 5 nitrogen and oxygen atoms in total. The molecule has 124 valence electrons. The summed E-state index contributed by atoms with van der Waals surface area (Å²) in [6.07, 6.45) is 8.56. The Morgan fingerprint density at radius 2 is 2.23 bits per heavy atom. The van der Waals surface area contributed by atoms with Crippen LogP contribution in [0.4, 0.5) is 4.39 Å². The van der Waals surface area contributed by atoms with Crippen LogP contribution < -0.4 is 5.32 Å². The maximum absolute atomic E-state index is 11.2. The summed E-state index contributed by atoms with van der Waals surface area (Å²) in [4.78, 5) is 22.2. The smallest absolute Gasteiger partial charge is 0.336 e. The Bertz CT molecular complexity index is 428. The van der Waals surface area contributed by atoms with Gasteiger partial charge >= 0.3 is 5.97 Å². The van der Waals surface area contributed by atoms with E-state index in [2.05, 4.69) is 18.8 Å². The third-order valence-electron chi connectivity index (χ3n) is 2.99. The molecule has 0 aromatic carbocycles. The third kappa shape index (κ3) is 7.06. The molecule has 0 saturated heterocycles. The summed E-state index contributed by atoms with van der Waals surface area (Å²) >= 11 is 0.